The highest BCUT2D eigenvalue weighted by Gasteiger charge is 2.10. The van der Waals surface area contributed by atoms with Gasteiger partial charge in [0.1, 0.15) is 5.82 Å². The van der Waals surface area contributed by atoms with Gasteiger partial charge in [-0.05, 0) is 57.1 Å². The summed E-state index contributed by atoms with van der Waals surface area (Å²) in [7, 11) is 0. The van der Waals surface area contributed by atoms with Crippen LogP contribution in [0.1, 0.15) is 39.7 Å². The van der Waals surface area contributed by atoms with Crippen LogP contribution >= 0.6 is 12.2 Å². The number of halogens is 1. The molecule has 0 saturated heterocycles. The van der Waals surface area contributed by atoms with Gasteiger partial charge in [-0.1, -0.05) is 19.1 Å². The second kappa shape index (κ2) is 6.61. The lowest BCUT2D eigenvalue weighted by atomic mass is 10.1. The van der Waals surface area contributed by atoms with Crippen LogP contribution in [0.3, 0.4) is 0 Å². The molecule has 0 unspecified atom stereocenters. The van der Waals surface area contributed by atoms with Crippen molar-refractivity contribution in [3.8, 4) is 0 Å². The Balaban J connectivity index is 2.72. The molecule has 3 nitrogen and oxygen atoms in total. The third-order valence-electron chi connectivity index (χ3n) is 2.29. The van der Waals surface area contributed by atoms with Crippen LogP contribution in [-0.2, 0) is 0 Å². The monoisotopic (exact) mass is 281 g/mol. The first-order chi connectivity index (χ1) is 8.81. The van der Waals surface area contributed by atoms with E-state index in [1.165, 1.54) is 12.1 Å². The van der Waals surface area contributed by atoms with E-state index in [1.54, 1.807) is 12.1 Å². The smallest absolute Gasteiger partial charge is 0.187 e. The summed E-state index contributed by atoms with van der Waals surface area (Å²) in [5.41, 5.74) is 4.42. The lowest BCUT2D eigenvalue weighted by Crippen LogP contribution is -2.45. The van der Waals surface area contributed by atoms with Gasteiger partial charge in [-0.3, -0.25) is 5.43 Å². The molecular weight excluding hydrogens is 261 g/mol. The summed E-state index contributed by atoms with van der Waals surface area (Å²) < 4.78 is 12.9. The highest BCUT2D eigenvalue weighted by Crippen LogP contribution is 2.06. The van der Waals surface area contributed by atoms with E-state index in [0.717, 1.165) is 17.7 Å². The Morgan fingerprint density at radius 3 is 2.32 bits per heavy atom. The minimum Gasteiger partial charge on any atom is -0.357 e. The summed E-state index contributed by atoms with van der Waals surface area (Å²) in [5, 5.41) is 7.85. The molecule has 0 aliphatic carbocycles. The summed E-state index contributed by atoms with van der Waals surface area (Å²) in [5.74, 6) is -0.253. The number of hydrazone groups is 1. The van der Waals surface area contributed by atoms with Gasteiger partial charge in [0.15, 0.2) is 5.11 Å². The van der Waals surface area contributed by atoms with E-state index in [2.05, 4.69) is 15.8 Å². The van der Waals surface area contributed by atoms with Crippen LogP contribution < -0.4 is 10.7 Å². The van der Waals surface area contributed by atoms with Crippen molar-refractivity contribution in [2.45, 2.75) is 39.7 Å². The molecule has 0 aliphatic heterocycles. The normalized spacial score (nSPS) is 12.2. The van der Waals surface area contributed by atoms with Crippen LogP contribution in [0.2, 0.25) is 0 Å². The van der Waals surface area contributed by atoms with E-state index in [9.17, 15) is 4.39 Å². The van der Waals surface area contributed by atoms with Crippen LogP contribution in [0, 0.1) is 5.82 Å². The number of rotatable bonds is 3. The molecule has 1 rings (SSSR count). The van der Waals surface area contributed by atoms with Crippen LogP contribution in [0.25, 0.3) is 0 Å². The first-order valence-corrected chi connectivity index (χ1v) is 6.63. The Kier molecular flexibility index (Phi) is 5.42. The number of thiocarbonyl (C=S) groups is 1. The third-order valence-corrected chi connectivity index (χ3v) is 2.49. The van der Waals surface area contributed by atoms with Crippen LogP contribution in [0.15, 0.2) is 29.4 Å². The number of nitrogens with one attached hydrogen (secondary N) is 2. The van der Waals surface area contributed by atoms with Crippen LogP contribution in [-0.4, -0.2) is 16.4 Å². The van der Waals surface area contributed by atoms with E-state index in [1.807, 2.05) is 27.7 Å². The molecule has 1 aromatic rings. The number of hydrogen-bond acceptors (Lipinski definition) is 2. The van der Waals surface area contributed by atoms with Gasteiger partial charge in [-0.15, -0.1) is 0 Å². The van der Waals surface area contributed by atoms with E-state index < -0.39 is 0 Å². The molecule has 0 spiro atoms. The van der Waals surface area contributed by atoms with Crippen molar-refractivity contribution in [3.63, 3.8) is 0 Å². The average Bonchev–Trinajstić information content (AvgIpc) is 2.29. The lowest BCUT2D eigenvalue weighted by molar-refractivity contribution is 0.508. The molecule has 0 bridgehead atoms. The third kappa shape index (κ3) is 5.79. The maximum absolute atomic E-state index is 12.9. The average molecular weight is 281 g/mol. The topological polar surface area (TPSA) is 36.4 Å². The van der Waals surface area contributed by atoms with Gasteiger partial charge in [-0.25, -0.2) is 4.39 Å². The maximum atomic E-state index is 12.9. The quantitative estimate of drug-likeness (QED) is 0.507. The maximum Gasteiger partial charge on any atom is 0.187 e. The zero-order valence-corrected chi connectivity index (χ0v) is 12.6. The van der Waals surface area contributed by atoms with Crippen molar-refractivity contribution in [3.05, 3.63) is 35.6 Å². The number of benzene rings is 1. The zero-order valence-electron chi connectivity index (χ0n) is 11.7. The van der Waals surface area contributed by atoms with Gasteiger partial charge in [0.05, 0.1) is 5.71 Å². The highest BCUT2D eigenvalue weighted by molar-refractivity contribution is 7.80. The second-order valence-corrected chi connectivity index (χ2v) is 5.64. The van der Waals surface area contributed by atoms with Crippen LogP contribution in [0.4, 0.5) is 4.39 Å². The number of nitrogens with zero attached hydrogens (tertiary/aromatic N) is 1. The summed E-state index contributed by atoms with van der Waals surface area (Å²) in [6.45, 7) is 8.05. The molecule has 0 fully saturated rings. The summed E-state index contributed by atoms with van der Waals surface area (Å²) >= 11 is 5.15. The van der Waals surface area contributed by atoms with E-state index in [-0.39, 0.29) is 11.4 Å². The Bertz CT molecular complexity index is 461. The van der Waals surface area contributed by atoms with E-state index >= 15 is 0 Å². The molecular formula is C14H20FN3S. The molecule has 0 aromatic heterocycles. The van der Waals surface area contributed by atoms with Gasteiger partial charge < -0.3 is 5.32 Å². The summed E-state index contributed by atoms with van der Waals surface area (Å²) in [6, 6.07) is 6.26. The van der Waals surface area contributed by atoms with Crippen molar-refractivity contribution >= 4 is 23.0 Å². The molecule has 0 atom stereocenters. The van der Waals surface area contributed by atoms with Gasteiger partial charge >= 0.3 is 0 Å². The zero-order chi connectivity index (χ0) is 14.5. The van der Waals surface area contributed by atoms with Gasteiger partial charge in [0, 0.05) is 5.54 Å². The molecule has 2 N–H and O–H groups in total. The second-order valence-electron chi connectivity index (χ2n) is 5.23. The molecule has 104 valence electrons. The lowest BCUT2D eigenvalue weighted by Gasteiger charge is -2.21. The Morgan fingerprint density at radius 2 is 1.84 bits per heavy atom. The van der Waals surface area contributed by atoms with Crippen molar-refractivity contribution in [1.82, 2.24) is 10.7 Å². The van der Waals surface area contributed by atoms with E-state index in [0.29, 0.717) is 5.11 Å². The molecule has 5 heteroatoms. The fourth-order valence-electron chi connectivity index (χ4n) is 1.48. The van der Waals surface area contributed by atoms with Crippen molar-refractivity contribution in [2.75, 3.05) is 0 Å². The Morgan fingerprint density at radius 1 is 1.26 bits per heavy atom. The van der Waals surface area contributed by atoms with Gasteiger partial charge in [0.25, 0.3) is 0 Å². The Labute approximate surface area is 119 Å². The Hall–Kier alpha value is -1.49. The summed E-state index contributed by atoms with van der Waals surface area (Å²) in [6.07, 6.45) is 0.733. The van der Waals surface area contributed by atoms with Crippen LogP contribution in [0.5, 0.6) is 0 Å². The van der Waals surface area contributed by atoms with Crippen molar-refractivity contribution in [1.29, 1.82) is 0 Å². The standard InChI is InChI=1S/C14H20FN3S/c1-5-12(10-6-8-11(15)9-7-10)17-18-13(19)16-14(2,3)4/h6-9H,5H2,1-4H3,(H2,16,18,19)/b17-12-. The molecule has 0 amide bonds. The first kappa shape index (κ1) is 15.6. The first-order valence-electron chi connectivity index (χ1n) is 6.22. The molecule has 0 saturated carbocycles. The molecule has 1 aromatic carbocycles. The molecule has 19 heavy (non-hydrogen) atoms. The predicted octanol–water partition coefficient (Wildman–Crippen LogP) is 3.20. The molecule has 0 heterocycles. The van der Waals surface area contributed by atoms with Gasteiger partial charge in [-0.2, -0.15) is 5.10 Å². The minimum absolute atomic E-state index is 0.109. The fourth-order valence-corrected chi connectivity index (χ4v) is 1.83. The van der Waals surface area contributed by atoms with Gasteiger partial charge in [0.2, 0.25) is 0 Å². The summed E-state index contributed by atoms with van der Waals surface area (Å²) in [4.78, 5) is 0. The predicted molar refractivity (Wildman–Crippen MR) is 81.9 cm³/mol. The molecule has 0 aliphatic rings. The SMILES string of the molecule is CC/C(=N/NC(=S)NC(C)(C)C)c1ccc(F)cc1. The van der Waals surface area contributed by atoms with Crippen molar-refractivity contribution < 1.29 is 4.39 Å². The largest absolute Gasteiger partial charge is 0.357 e. The molecule has 0 radical (unpaired) electrons. The van der Waals surface area contributed by atoms with Crippen molar-refractivity contribution in [2.24, 2.45) is 5.10 Å². The fraction of sp³-hybridized carbons (Fsp3) is 0.429. The minimum atomic E-state index is -0.253. The van der Waals surface area contributed by atoms with E-state index in [4.69, 9.17) is 12.2 Å². The number of hydrogen-bond donors (Lipinski definition) is 2. The highest BCUT2D eigenvalue weighted by atomic mass is 32.1.